The van der Waals surface area contributed by atoms with E-state index in [9.17, 15) is 31.1 Å². The Morgan fingerprint density at radius 1 is 1.10 bits per heavy atom. The number of rotatable bonds is 1. The smallest absolute Gasteiger partial charge is 0.418 e. The molecule has 2 rings (SSSR count). The topological polar surface area (TPSA) is 26.3 Å². The maximum atomic E-state index is 13.1. The van der Waals surface area contributed by atoms with Crippen LogP contribution in [-0.4, -0.2) is 13.1 Å². The molecule has 0 aliphatic heterocycles. The largest absolute Gasteiger partial charge is 0.465 e. The summed E-state index contributed by atoms with van der Waals surface area (Å²) in [5.41, 5.74) is -2.62. The van der Waals surface area contributed by atoms with Crippen molar-refractivity contribution in [3.63, 3.8) is 0 Å². The summed E-state index contributed by atoms with van der Waals surface area (Å²) >= 11 is 0.122. The zero-order valence-corrected chi connectivity index (χ0v) is 11.0. The normalized spacial score (nSPS) is 12.7. The fourth-order valence-electron chi connectivity index (χ4n) is 1.86. The van der Waals surface area contributed by atoms with Crippen LogP contribution in [0.15, 0.2) is 18.2 Å². The zero-order valence-electron chi connectivity index (χ0n) is 10.2. The summed E-state index contributed by atoms with van der Waals surface area (Å²) in [6.45, 7) is 0. The number of halogens is 6. The number of esters is 1. The van der Waals surface area contributed by atoms with Crippen LogP contribution in [0.3, 0.4) is 0 Å². The third kappa shape index (κ3) is 2.69. The van der Waals surface area contributed by atoms with E-state index in [-0.39, 0.29) is 11.3 Å². The molecule has 0 amide bonds. The number of carbonyl (C=O) groups excluding carboxylic acids is 1. The molecule has 21 heavy (non-hydrogen) atoms. The molecule has 1 aromatic carbocycles. The van der Waals surface area contributed by atoms with Crippen molar-refractivity contribution < 1.29 is 35.9 Å². The van der Waals surface area contributed by atoms with Crippen LogP contribution in [0.1, 0.15) is 20.8 Å². The van der Waals surface area contributed by atoms with Crippen molar-refractivity contribution in [2.24, 2.45) is 0 Å². The van der Waals surface area contributed by atoms with Crippen LogP contribution in [0.2, 0.25) is 0 Å². The maximum absolute atomic E-state index is 13.1. The van der Waals surface area contributed by atoms with E-state index in [4.69, 9.17) is 0 Å². The number of ether oxygens (including phenoxy) is 1. The minimum atomic E-state index is -4.97. The Kier molecular flexibility index (Phi) is 3.64. The van der Waals surface area contributed by atoms with Crippen LogP contribution in [0.5, 0.6) is 0 Å². The standard InChI is InChI=1S/C12H6F6O2S/c1-20-10(19)9-7(12(16,17)18)5-3-2-4-6(8(5)21-9)11(13,14)15/h2-4H,1H3. The molecule has 0 aliphatic carbocycles. The summed E-state index contributed by atoms with van der Waals surface area (Å²) in [6, 6.07) is 2.44. The lowest BCUT2D eigenvalue weighted by atomic mass is 10.1. The van der Waals surface area contributed by atoms with E-state index in [1.165, 1.54) is 0 Å². The van der Waals surface area contributed by atoms with Crippen LogP contribution in [0.25, 0.3) is 10.1 Å². The molecule has 0 bridgehead atoms. The number of benzene rings is 1. The molecule has 0 unspecified atom stereocenters. The first-order valence-corrected chi connectivity index (χ1v) is 6.17. The molecular formula is C12H6F6O2S. The van der Waals surface area contributed by atoms with Crippen molar-refractivity contribution in [1.29, 1.82) is 0 Å². The Hall–Kier alpha value is -1.77. The molecule has 1 aromatic heterocycles. The number of thiophene rings is 1. The average Bonchev–Trinajstić information content (AvgIpc) is 2.75. The van der Waals surface area contributed by atoms with E-state index in [1.807, 2.05) is 0 Å². The van der Waals surface area contributed by atoms with Crippen molar-refractivity contribution in [2.45, 2.75) is 12.4 Å². The predicted octanol–water partition coefficient (Wildman–Crippen LogP) is 4.73. The summed E-state index contributed by atoms with van der Waals surface area (Å²) < 4.78 is 81.3. The highest BCUT2D eigenvalue weighted by Gasteiger charge is 2.42. The second-order valence-corrected chi connectivity index (χ2v) is 5.00. The highest BCUT2D eigenvalue weighted by atomic mass is 32.1. The fraction of sp³-hybridized carbons (Fsp3) is 0.250. The highest BCUT2D eigenvalue weighted by Crippen LogP contribution is 2.46. The number of methoxy groups -OCH3 is 1. The summed E-state index contributed by atoms with van der Waals surface area (Å²) in [5.74, 6) is -1.32. The molecule has 1 heterocycles. The molecule has 0 radical (unpaired) electrons. The fourth-order valence-corrected chi connectivity index (χ4v) is 3.13. The first kappa shape index (κ1) is 15.6. The first-order valence-electron chi connectivity index (χ1n) is 5.35. The maximum Gasteiger partial charge on any atom is 0.418 e. The Labute approximate surface area is 117 Å². The Bertz CT molecular complexity index is 698. The molecule has 0 aliphatic rings. The minimum absolute atomic E-state index is 0.122. The highest BCUT2D eigenvalue weighted by molar-refractivity contribution is 7.21. The first-order chi connectivity index (χ1) is 9.57. The number of hydrogen-bond donors (Lipinski definition) is 0. The number of alkyl halides is 6. The van der Waals surface area contributed by atoms with Gasteiger partial charge in [0.25, 0.3) is 0 Å². The molecular weight excluding hydrogens is 322 g/mol. The molecule has 2 nitrogen and oxygen atoms in total. The SMILES string of the molecule is COC(=O)c1sc2c(C(F)(F)F)cccc2c1C(F)(F)F. The molecule has 0 N–H and O–H groups in total. The third-order valence-electron chi connectivity index (χ3n) is 2.68. The van der Waals surface area contributed by atoms with Crippen LogP contribution >= 0.6 is 11.3 Å². The Balaban J connectivity index is 2.89. The average molecular weight is 328 g/mol. The van der Waals surface area contributed by atoms with Gasteiger partial charge in [0, 0.05) is 10.1 Å². The number of hydrogen-bond acceptors (Lipinski definition) is 3. The van der Waals surface area contributed by atoms with Crippen LogP contribution < -0.4 is 0 Å². The van der Waals surface area contributed by atoms with Crippen LogP contribution in [0.4, 0.5) is 26.3 Å². The van der Waals surface area contributed by atoms with Crippen molar-refractivity contribution >= 4 is 27.4 Å². The molecule has 9 heteroatoms. The summed E-state index contributed by atoms with van der Waals surface area (Å²) in [7, 11) is 0.859. The van der Waals surface area contributed by atoms with Gasteiger partial charge < -0.3 is 4.74 Å². The Morgan fingerprint density at radius 2 is 1.71 bits per heavy atom. The van der Waals surface area contributed by atoms with Gasteiger partial charge in [0.1, 0.15) is 4.88 Å². The van der Waals surface area contributed by atoms with E-state index in [1.54, 1.807) is 0 Å². The molecule has 0 saturated heterocycles. The van der Waals surface area contributed by atoms with Crippen molar-refractivity contribution in [1.82, 2.24) is 0 Å². The monoisotopic (exact) mass is 328 g/mol. The zero-order chi connectivity index (χ0) is 16.0. The predicted molar refractivity (Wildman–Crippen MR) is 63.2 cm³/mol. The van der Waals surface area contributed by atoms with Gasteiger partial charge in [-0.15, -0.1) is 11.3 Å². The second-order valence-electron chi connectivity index (χ2n) is 3.98. The van der Waals surface area contributed by atoms with Crippen molar-refractivity contribution in [2.75, 3.05) is 7.11 Å². The van der Waals surface area contributed by atoms with Gasteiger partial charge in [0.2, 0.25) is 0 Å². The number of fused-ring (bicyclic) bond motifs is 1. The van der Waals surface area contributed by atoms with Crippen LogP contribution in [0, 0.1) is 0 Å². The van der Waals surface area contributed by atoms with Gasteiger partial charge in [-0.25, -0.2) is 4.79 Å². The summed E-state index contributed by atoms with van der Waals surface area (Å²) in [4.78, 5) is 10.5. The van der Waals surface area contributed by atoms with E-state index in [2.05, 4.69) is 4.74 Å². The summed E-state index contributed by atoms with van der Waals surface area (Å²) in [6.07, 6.45) is -9.79. The van der Waals surface area contributed by atoms with Gasteiger partial charge in [0.15, 0.2) is 0 Å². The van der Waals surface area contributed by atoms with E-state index in [0.29, 0.717) is 6.07 Å². The van der Waals surface area contributed by atoms with Gasteiger partial charge in [-0.1, -0.05) is 12.1 Å². The minimum Gasteiger partial charge on any atom is -0.465 e. The second kappa shape index (κ2) is 4.90. The van der Waals surface area contributed by atoms with E-state index in [0.717, 1.165) is 19.2 Å². The lowest BCUT2D eigenvalue weighted by Crippen LogP contribution is -2.11. The van der Waals surface area contributed by atoms with Gasteiger partial charge in [0.05, 0.1) is 18.2 Å². The molecule has 114 valence electrons. The van der Waals surface area contributed by atoms with Crippen LogP contribution in [-0.2, 0) is 17.1 Å². The van der Waals surface area contributed by atoms with Gasteiger partial charge in [-0.05, 0) is 6.07 Å². The third-order valence-corrected chi connectivity index (χ3v) is 3.89. The molecule has 0 atom stereocenters. The quantitative estimate of drug-likeness (QED) is 0.559. The molecule has 0 saturated carbocycles. The molecule has 0 fully saturated rings. The Morgan fingerprint density at radius 3 is 2.19 bits per heavy atom. The van der Waals surface area contributed by atoms with Gasteiger partial charge >= 0.3 is 18.3 Å². The molecule has 0 spiro atoms. The summed E-state index contributed by atoms with van der Waals surface area (Å²) in [5, 5.41) is -0.664. The van der Waals surface area contributed by atoms with Gasteiger partial charge in [-0.2, -0.15) is 26.3 Å². The van der Waals surface area contributed by atoms with Crippen molar-refractivity contribution in [3.05, 3.63) is 34.2 Å². The van der Waals surface area contributed by atoms with Crippen molar-refractivity contribution in [3.8, 4) is 0 Å². The number of carbonyl (C=O) groups is 1. The lowest BCUT2D eigenvalue weighted by Gasteiger charge is -2.09. The lowest BCUT2D eigenvalue weighted by molar-refractivity contribution is -0.138. The van der Waals surface area contributed by atoms with E-state index < -0.39 is 44.4 Å². The molecule has 2 aromatic rings. The van der Waals surface area contributed by atoms with Gasteiger partial charge in [-0.3, -0.25) is 0 Å². The van der Waals surface area contributed by atoms with E-state index >= 15 is 0 Å².